The van der Waals surface area contributed by atoms with Crippen LogP contribution in [-0.2, 0) is 20.5 Å². The molecule has 0 radical (unpaired) electrons. The van der Waals surface area contributed by atoms with Crippen molar-refractivity contribution in [1.82, 2.24) is 0 Å². The van der Waals surface area contributed by atoms with Crippen molar-refractivity contribution in [2.45, 2.75) is 20.5 Å². The molecule has 0 amide bonds. The van der Waals surface area contributed by atoms with Crippen LogP contribution >= 0.6 is 136 Å². The van der Waals surface area contributed by atoms with Crippen molar-refractivity contribution in [1.29, 1.82) is 0 Å². The van der Waals surface area contributed by atoms with Crippen molar-refractivity contribution >= 4 is 136 Å². The molecule has 0 spiro atoms. The highest BCUT2D eigenvalue weighted by Gasteiger charge is 2.87. The summed E-state index contributed by atoms with van der Waals surface area (Å²) < 4.78 is -3.16. The lowest BCUT2D eigenvalue weighted by atomic mass is 9.48. The molecule has 0 saturated heterocycles. The zero-order chi connectivity index (χ0) is 33.7. The van der Waals surface area contributed by atoms with Crippen LogP contribution in [0, 0.1) is 0 Å². The highest BCUT2D eigenvalue weighted by atomic mass is 127. The van der Waals surface area contributed by atoms with Crippen molar-refractivity contribution in [3.63, 3.8) is 0 Å². The molecule has 1 aliphatic carbocycles. The van der Waals surface area contributed by atoms with Crippen LogP contribution in [0.5, 0.6) is 0 Å². The molecule has 6 aromatic rings. The first-order valence-corrected chi connectivity index (χ1v) is 22.1. The Morgan fingerprint density at radius 3 is 0.396 bits per heavy atom. The number of rotatable bonds is 6. The fourth-order valence-electron chi connectivity index (χ4n) is 7.82. The fraction of sp³-hybridized carbons (Fsp3) is 0.143. The molecule has 6 aromatic carbocycles. The average molecular weight is 1300 g/mol. The van der Waals surface area contributed by atoms with Crippen LogP contribution in [0.1, 0.15) is 33.4 Å². The van der Waals surface area contributed by atoms with Gasteiger partial charge in [-0.2, -0.15) is 0 Å². The van der Waals surface area contributed by atoms with Crippen molar-refractivity contribution < 1.29 is 0 Å². The minimum Gasteiger partial charge on any atom is -0.0698 e. The van der Waals surface area contributed by atoms with E-state index in [1.807, 2.05) is 0 Å². The Balaban J connectivity index is 1.83. The second kappa shape index (κ2) is 13.9. The SMILES string of the molecule is IC1(c2ccccc2)C(I)(c2ccccc2)C(I)(c2ccccc2)C(I)(c2ccccc2)C(I)(c2ccccc2)C1(I)c1ccccc1. The van der Waals surface area contributed by atoms with Gasteiger partial charge in [-0.3, -0.25) is 0 Å². The topological polar surface area (TPSA) is 0 Å². The molecule has 1 fully saturated rings. The van der Waals surface area contributed by atoms with Crippen LogP contribution in [-0.4, -0.2) is 0 Å². The smallest absolute Gasteiger partial charge is 0.0698 e. The monoisotopic (exact) mass is 1300 g/mol. The first-order valence-electron chi connectivity index (χ1n) is 15.6. The van der Waals surface area contributed by atoms with Gasteiger partial charge in [0.05, 0.1) is 20.5 Å². The van der Waals surface area contributed by atoms with Crippen molar-refractivity contribution in [3.05, 3.63) is 215 Å². The summed E-state index contributed by atoms with van der Waals surface area (Å²) in [7, 11) is 0. The summed E-state index contributed by atoms with van der Waals surface area (Å²) >= 11 is 17.6. The van der Waals surface area contributed by atoms with Crippen LogP contribution < -0.4 is 0 Å². The number of alkyl halides is 6. The molecule has 0 N–H and O–H groups in total. The largest absolute Gasteiger partial charge is 0.0876 e. The Morgan fingerprint density at radius 2 is 0.292 bits per heavy atom. The Hall–Kier alpha value is -0.300. The van der Waals surface area contributed by atoms with E-state index in [-0.39, 0.29) is 0 Å². The molecule has 0 aliphatic heterocycles. The van der Waals surface area contributed by atoms with E-state index in [4.69, 9.17) is 0 Å². The van der Waals surface area contributed by atoms with E-state index in [9.17, 15) is 0 Å². The summed E-state index contributed by atoms with van der Waals surface area (Å²) in [6, 6.07) is 67.9. The number of hydrogen-bond donors (Lipinski definition) is 0. The lowest BCUT2D eigenvalue weighted by Crippen LogP contribution is -2.78. The maximum Gasteiger partial charge on any atom is 0.0876 e. The van der Waals surface area contributed by atoms with E-state index in [1.165, 1.54) is 33.4 Å². The molecule has 6 heteroatoms. The fourth-order valence-corrected chi connectivity index (χ4v) is 21.7. The summed E-state index contributed by atoms with van der Waals surface area (Å²) in [6.07, 6.45) is 0. The first kappa shape index (κ1) is 36.1. The maximum absolute atomic E-state index is 2.93. The standard InChI is InChI=1S/C42H30I6/c43-37(31-19-7-1-8-20-31)38(44,32-21-9-2-10-22-32)40(46,34-25-13-4-14-26-34)42(48,36-29-17-6-18-30-36)41(47,35-27-15-5-16-28-35)39(37,45)33-23-11-3-12-24-33/h1-30H. The van der Waals surface area contributed by atoms with Crippen molar-refractivity contribution in [2.24, 2.45) is 0 Å². The highest BCUT2D eigenvalue weighted by molar-refractivity contribution is 14.1. The normalized spacial score (nSPS) is 31.6. The lowest BCUT2D eigenvalue weighted by molar-refractivity contribution is 0.160. The average Bonchev–Trinajstić information content (AvgIpc) is 3.17. The maximum atomic E-state index is 2.93. The summed E-state index contributed by atoms with van der Waals surface area (Å²) in [6.45, 7) is 0. The molecule has 1 aliphatic rings. The second-order valence-corrected chi connectivity index (χ2v) is 21.9. The van der Waals surface area contributed by atoms with E-state index in [2.05, 4.69) is 318 Å². The number of benzene rings is 6. The van der Waals surface area contributed by atoms with E-state index >= 15 is 0 Å². The first-order chi connectivity index (χ1) is 23.1. The van der Waals surface area contributed by atoms with Gasteiger partial charge in [0.25, 0.3) is 0 Å². The Kier molecular flexibility index (Phi) is 10.5. The van der Waals surface area contributed by atoms with Gasteiger partial charge in [0.15, 0.2) is 0 Å². The molecule has 0 aromatic heterocycles. The van der Waals surface area contributed by atoms with Crippen LogP contribution in [0.15, 0.2) is 182 Å². The van der Waals surface area contributed by atoms with Gasteiger partial charge in [-0.05, 0) is 33.4 Å². The molecular formula is C42H30I6. The molecule has 0 heterocycles. The molecule has 0 nitrogen and oxygen atoms in total. The van der Waals surface area contributed by atoms with Gasteiger partial charge in [0, 0.05) is 0 Å². The Morgan fingerprint density at radius 1 is 0.188 bits per heavy atom. The molecule has 0 unspecified atom stereocenters. The van der Waals surface area contributed by atoms with Crippen molar-refractivity contribution in [3.8, 4) is 0 Å². The van der Waals surface area contributed by atoms with Crippen molar-refractivity contribution in [2.75, 3.05) is 0 Å². The van der Waals surface area contributed by atoms with Gasteiger partial charge >= 0.3 is 0 Å². The summed E-state index contributed by atoms with van der Waals surface area (Å²) in [5.74, 6) is 0. The van der Waals surface area contributed by atoms with E-state index in [0.717, 1.165) is 0 Å². The molecular weight excluding hydrogens is 1270 g/mol. The molecule has 7 rings (SSSR count). The molecule has 0 bridgehead atoms. The summed E-state index contributed by atoms with van der Waals surface area (Å²) in [5.41, 5.74) is 7.85. The molecule has 48 heavy (non-hydrogen) atoms. The van der Waals surface area contributed by atoms with Gasteiger partial charge in [-0.25, -0.2) is 0 Å². The minimum atomic E-state index is -0.527. The van der Waals surface area contributed by atoms with Gasteiger partial charge in [-0.15, -0.1) is 0 Å². The number of halogens is 6. The zero-order valence-electron chi connectivity index (χ0n) is 25.6. The third kappa shape index (κ3) is 4.82. The van der Waals surface area contributed by atoms with E-state index in [0.29, 0.717) is 0 Å². The van der Waals surface area contributed by atoms with Gasteiger partial charge < -0.3 is 0 Å². The summed E-state index contributed by atoms with van der Waals surface area (Å²) in [5, 5.41) is 0. The number of hydrogen-bond acceptors (Lipinski definition) is 0. The minimum absolute atomic E-state index is 0.527. The van der Waals surface area contributed by atoms with Gasteiger partial charge in [0.1, 0.15) is 0 Å². The Labute approximate surface area is 365 Å². The quantitative estimate of drug-likeness (QED) is 0.115. The molecule has 1 saturated carbocycles. The van der Waals surface area contributed by atoms with Crippen LogP contribution in [0.25, 0.3) is 0 Å². The third-order valence-corrected chi connectivity index (χ3v) is 29.5. The highest BCUT2D eigenvalue weighted by Crippen LogP contribution is 2.89. The predicted octanol–water partition coefficient (Wildman–Crippen LogP) is 14.0. The Bertz CT molecular complexity index is 1590. The summed E-state index contributed by atoms with van der Waals surface area (Å²) in [4.78, 5) is 0. The van der Waals surface area contributed by atoms with Crippen LogP contribution in [0.3, 0.4) is 0 Å². The van der Waals surface area contributed by atoms with E-state index in [1.54, 1.807) is 0 Å². The van der Waals surface area contributed by atoms with Crippen LogP contribution in [0.4, 0.5) is 0 Å². The van der Waals surface area contributed by atoms with Gasteiger partial charge in [-0.1, -0.05) is 318 Å². The van der Waals surface area contributed by atoms with Crippen LogP contribution in [0.2, 0.25) is 0 Å². The molecule has 240 valence electrons. The predicted molar refractivity (Wildman–Crippen MR) is 253 cm³/mol. The third-order valence-electron chi connectivity index (χ3n) is 9.88. The molecule has 0 atom stereocenters. The lowest BCUT2D eigenvalue weighted by Gasteiger charge is -2.75. The van der Waals surface area contributed by atoms with E-state index < -0.39 is 20.5 Å². The zero-order valence-corrected chi connectivity index (χ0v) is 38.5. The van der Waals surface area contributed by atoms with Gasteiger partial charge in [0.2, 0.25) is 0 Å². The second-order valence-electron chi connectivity index (χ2n) is 12.1.